The molecular formula is C13H19N3O. The molecule has 4 nitrogen and oxygen atoms in total. The molecule has 1 heterocycles. The first-order valence-electron chi connectivity index (χ1n) is 6.05. The number of rotatable bonds is 3. The van der Waals surface area contributed by atoms with E-state index >= 15 is 0 Å². The minimum absolute atomic E-state index is 0.0843. The number of fused-ring (bicyclic) bond motifs is 1. The summed E-state index contributed by atoms with van der Waals surface area (Å²) in [5.41, 5.74) is 9.27. The van der Waals surface area contributed by atoms with Crippen molar-refractivity contribution in [3.8, 4) is 0 Å². The predicted molar refractivity (Wildman–Crippen MR) is 70.1 cm³/mol. The summed E-state index contributed by atoms with van der Waals surface area (Å²) in [6, 6.07) is 6.02. The van der Waals surface area contributed by atoms with Gasteiger partial charge in [0.15, 0.2) is 0 Å². The molecule has 0 atom stereocenters. The van der Waals surface area contributed by atoms with Gasteiger partial charge in [0, 0.05) is 37.9 Å². The van der Waals surface area contributed by atoms with E-state index in [1.165, 1.54) is 11.3 Å². The molecule has 17 heavy (non-hydrogen) atoms. The van der Waals surface area contributed by atoms with Gasteiger partial charge in [-0.2, -0.15) is 0 Å². The fourth-order valence-corrected chi connectivity index (χ4v) is 2.32. The lowest BCUT2D eigenvalue weighted by Gasteiger charge is -2.31. The number of anilines is 2. The maximum absolute atomic E-state index is 11.3. The number of carbonyl (C=O) groups excluding carboxylic acids is 1. The van der Waals surface area contributed by atoms with E-state index in [4.69, 9.17) is 5.73 Å². The first-order valence-corrected chi connectivity index (χ1v) is 6.05. The zero-order valence-electron chi connectivity index (χ0n) is 10.2. The minimum atomic E-state index is 0.0843. The van der Waals surface area contributed by atoms with Crippen LogP contribution >= 0.6 is 0 Å². The van der Waals surface area contributed by atoms with Gasteiger partial charge >= 0.3 is 0 Å². The number of nitrogen functional groups attached to an aromatic ring is 1. The lowest BCUT2D eigenvalue weighted by Crippen LogP contribution is -2.33. The zero-order chi connectivity index (χ0) is 12.3. The quantitative estimate of drug-likeness (QED) is 0.770. The number of nitrogens with one attached hydrogen (secondary N) is 1. The van der Waals surface area contributed by atoms with Gasteiger partial charge in [-0.25, -0.2) is 0 Å². The van der Waals surface area contributed by atoms with E-state index in [0.29, 0.717) is 6.42 Å². The van der Waals surface area contributed by atoms with E-state index in [0.717, 1.165) is 31.6 Å². The van der Waals surface area contributed by atoms with Gasteiger partial charge in [-0.1, -0.05) is 6.07 Å². The average molecular weight is 233 g/mol. The van der Waals surface area contributed by atoms with Crippen molar-refractivity contribution in [2.45, 2.75) is 19.3 Å². The molecule has 2 rings (SSSR count). The predicted octanol–water partition coefficient (Wildman–Crippen LogP) is 1.16. The number of hydrogen-bond donors (Lipinski definition) is 2. The van der Waals surface area contributed by atoms with Crippen LogP contribution in [0.2, 0.25) is 0 Å². The Morgan fingerprint density at radius 2 is 2.35 bits per heavy atom. The summed E-state index contributed by atoms with van der Waals surface area (Å²) in [5, 5.41) is 2.65. The van der Waals surface area contributed by atoms with Crippen molar-refractivity contribution in [2.75, 3.05) is 30.8 Å². The molecule has 1 aromatic rings. The second-order valence-electron chi connectivity index (χ2n) is 4.36. The third kappa shape index (κ3) is 2.52. The number of amides is 1. The van der Waals surface area contributed by atoms with Gasteiger partial charge in [0.2, 0.25) is 5.91 Å². The SMILES string of the molecule is CNC(=O)CCN1CCCc2c(N)cccc21. The van der Waals surface area contributed by atoms with Crippen molar-refractivity contribution in [2.24, 2.45) is 0 Å². The van der Waals surface area contributed by atoms with Gasteiger partial charge in [-0.05, 0) is 30.5 Å². The Morgan fingerprint density at radius 1 is 1.53 bits per heavy atom. The number of nitrogens with zero attached hydrogens (tertiary/aromatic N) is 1. The molecule has 0 spiro atoms. The Balaban J connectivity index is 2.12. The van der Waals surface area contributed by atoms with Crippen LogP contribution in [0.15, 0.2) is 18.2 Å². The third-order valence-electron chi connectivity index (χ3n) is 3.27. The summed E-state index contributed by atoms with van der Waals surface area (Å²) in [7, 11) is 1.67. The van der Waals surface area contributed by atoms with Crippen LogP contribution in [0.1, 0.15) is 18.4 Å². The van der Waals surface area contributed by atoms with Gasteiger partial charge in [0.25, 0.3) is 0 Å². The standard InChI is InChI=1S/C13H19N3O/c1-15-13(17)7-9-16-8-3-4-10-11(14)5-2-6-12(10)16/h2,5-6H,3-4,7-9,14H2,1H3,(H,15,17). The molecule has 1 aromatic carbocycles. The topological polar surface area (TPSA) is 58.4 Å². The van der Waals surface area contributed by atoms with Gasteiger partial charge in [0.1, 0.15) is 0 Å². The van der Waals surface area contributed by atoms with E-state index in [-0.39, 0.29) is 5.91 Å². The molecule has 0 unspecified atom stereocenters. The van der Waals surface area contributed by atoms with Crippen LogP contribution in [0.25, 0.3) is 0 Å². The smallest absolute Gasteiger partial charge is 0.221 e. The molecule has 4 heteroatoms. The largest absolute Gasteiger partial charge is 0.398 e. The van der Waals surface area contributed by atoms with Crippen molar-refractivity contribution < 1.29 is 4.79 Å². The second kappa shape index (κ2) is 5.08. The summed E-state index contributed by atoms with van der Waals surface area (Å²) in [4.78, 5) is 13.5. The van der Waals surface area contributed by atoms with Crippen LogP contribution in [0.3, 0.4) is 0 Å². The first-order chi connectivity index (χ1) is 8.22. The molecule has 0 fully saturated rings. The third-order valence-corrected chi connectivity index (χ3v) is 3.27. The lowest BCUT2D eigenvalue weighted by molar-refractivity contribution is -0.120. The molecule has 1 amide bonds. The van der Waals surface area contributed by atoms with Gasteiger partial charge < -0.3 is 16.0 Å². The summed E-state index contributed by atoms with van der Waals surface area (Å²) >= 11 is 0. The maximum atomic E-state index is 11.3. The van der Waals surface area contributed by atoms with Crippen molar-refractivity contribution in [3.05, 3.63) is 23.8 Å². The highest BCUT2D eigenvalue weighted by Crippen LogP contribution is 2.31. The van der Waals surface area contributed by atoms with E-state index in [9.17, 15) is 4.79 Å². The van der Waals surface area contributed by atoms with Crippen molar-refractivity contribution >= 4 is 17.3 Å². The summed E-state index contributed by atoms with van der Waals surface area (Å²) in [6.07, 6.45) is 2.68. The van der Waals surface area contributed by atoms with Crippen LogP contribution in [-0.4, -0.2) is 26.0 Å². The van der Waals surface area contributed by atoms with Crippen LogP contribution < -0.4 is 16.0 Å². The van der Waals surface area contributed by atoms with Gasteiger partial charge in [0.05, 0.1) is 0 Å². The molecule has 0 aliphatic carbocycles. The van der Waals surface area contributed by atoms with Crippen LogP contribution in [0.4, 0.5) is 11.4 Å². The van der Waals surface area contributed by atoms with Crippen LogP contribution in [0, 0.1) is 0 Å². The Hall–Kier alpha value is -1.71. The van der Waals surface area contributed by atoms with E-state index in [1.54, 1.807) is 7.05 Å². The van der Waals surface area contributed by atoms with Crippen LogP contribution in [0.5, 0.6) is 0 Å². The first kappa shape index (κ1) is 11.8. The molecular weight excluding hydrogens is 214 g/mol. The second-order valence-corrected chi connectivity index (χ2v) is 4.36. The summed E-state index contributed by atoms with van der Waals surface area (Å²) < 4.78 is 0. The van der Waals surface area contributed by atoms with Gasteiger partial charge in [-0.15, -0.1) is 0 Å². The highest BCUT2D eigenvalue weighted by atomic mass is 16.1. The molecule has 3 N–H and O–H groups in total. The van der Waals surface area contributed by atoms with Gasteiger partial charge in [-0.3, -0.25) is 4.79 Å². The number of nitrogens with two attached hydrogens (primary N) is 1. The molecule has 0 bridgehead atoms. The zero-order valence-corrected chi connectivity index (χ0v) is 10.2. The molecule has 1 aliphatic heterocycles. The molecule has 0 aromatic heterocycles. The Labute approximate surface area is 102 Å². The molecule has 0 radical (unpaired) electrons. The number of benzene rings is 1. The van der Waals surface area contributed by atoms with E-state index < -0.39 is 0 Å². The van der Waals surface area contributed by atoms with E-state index in [2.05, 4.69) is 16.3 Å². The Morgan fingerprint density at radius 3 is 3.12 bits per heavy atom. The molecule has 92 valence electrons. The number of hydrogen-bond acceptors (Lipinski definition) is 3. The number of carbonyl (C=O) groups is 1. The lowest BCUT2D eigenvalue weighted by atomic mass is 10.00. The monoisotopic (exact) mass is 233 g/mol. The van der Waals surface area contributed by atoms with Crippen molar-refractivity contribution in [3.63, 3.8) is 0 Å². The van der Waals surface area contributed by atoms with Crippen LogP contribution in [-0.2, 0) is 11.2 Å². The highest BCUT2D eigenvalue weighted by molar-refractivity contribution is 5.76. The molecule has 1 aliphatic rings. The summed E-state index contributed by atoms with van der Waals surface area (Å²) in [6.45, 7) is 1.77. The summed E-state index contributed by atoms with van der Waals surface area (Å²) in [5.74, 6) is 0.0843. The molecule has 0 saturated carbocycles. The fourth-order valence-electron chi connectivity index (χ4n) is 2.32. The normalized spacial score (nSPS) is 14.3. The van der Waals surface area contributed by atoms with E-state index in [1.807, 2.05) is 12.1 Å². The molecule has 0 saturated heterocycles. The maximum Gasteiger partial charge on any atom is 0.221 e. The minimum Gasteiger partial charge on any atom is -0.398 e. The average Bonchev–Trinajstić information content (AvgIpc) is 2.36. The Kier molecular flexibility index (Phi) is 3.52. The van der Waals surface area contributed by atoms with Crippen molar-refractivity contribution in [1.29, 1.82) is 0 Å². The highest BCUT2D eigenvalue weighted by Gasteiger charge is 2.18. The fraction of sp³-hybridized carbons (Fsp3) is 0.462. The van der Waals surface area contributed by atoms with Crippen molar-refractivity contribution in [1.82, 2.24) is 5.32 Å². The Bertz CT molecular complexity index is 417.